The Bertz CT molecular complexity index is 567. The summed E-state index contributed by atoms with van der Waals surface area (Å²) >= 11 is 0. The maximum absolute atomic E-state index is 10.4. The van der Waals surface area contributed by atoms with Gasteiger partial charge in [0, 0.05) is 29.2 Å². The van der Waals surface area contributed by atoms with Gasteiger partial charge in [0.05, 0.1) is 4.92 Å². The molecule has 0 bridgehead atoms. The SMILES string of the molecule is NP(N)(N)=O.O=[N+]([O-])c1ccc2[nH]ccc2c1. The highest BCUT2D eigenvalue weighted by molar-refractivity contribution is 7.56. The van der Waals surface area contributed by atoms with Gasteiger partial charge in [0.15, 0.2) is 0 Å². The molecule has 0 aliphatic heterocycles. The molecule has 9 heteroatoms. The monoisotopic (exact) mass is 257 g/mol. The van der Waals surface area contributed by atoms with E-state index in [1.807, 2.05) is 6.07 Å². The second-order valence-electron chi connectivity index (χ2n) is 3.27. The largest absolute Gasteiger partial charge is 0.361 e. The second-order valence-corrected chi connectivity index (χ2v) is 4.80. The zero-order valence-electron chi connectivity index (χ0n) is 8.74. The van der Waals surface area contributed by atoms with E-state index < -0.39 is 12.5 Å². The number of hydrogen-bond acceptors (Lipinski definition) is 3. The van der Waals surface area contributed by atoms with Crippen molar-refractivity contribution in [3.63, 3.8) is 0 Å². The van der Waals surface area contributed by atoms with Crippen LogP contribution >= 0.6 is 7.59 Å². The maximum Gasteiger partial charge on any atom is 0.271 e. The second kappa shape index (κ2) is 5.07. The van der Waals surface area contributed by atoms with E-state index in [0.717, 1.165) is 10.9 Å². The van der Waals surface area contributed by atoms with Gasteiger partial charge in [0.1, 0.15) is 0 Å². The molecule has 0 aliphatic rings. The molecule has 8 nitrogen and oxygen atoms in total. The van der Waals surface area contributed by atoms with Crippen molar-refractivity contribution >= 4 is 24.2 Å². The van der Waals surface area contributed by atoms with Crippen LogP contribution in [0.5, 0.6) is 0 Å². The number of fused-ring (bicyclic) bond motifs is 1. The van der Waals surface area contributed by atoms with Gasteiger partial charge in [-0.15, -0.1) is 0 Å². The number of nitro benzene ring substituents is 1. The van der Waals surface area contributed by atoms with Crippen LogP contribution in [0, 0.1) is 10.1 Å². The van der Waals surface area contributed by atoms with E-state index in [9.17, 15) is 14.7 Å². The summed E-state index contributed by atoms with van der Waals surface area (Å²) in [6.45, 7) is 0. The molecule has 1 aromatic carbocycles. The zero-order valence-corrected chi connectivity index (χ0v) is 9.63. The van der Waals surface area contributed by atoms with Gasteiger partial charge in [-0.25, -0.2) is 0 Å². The Morgan fingerprint density at radius 1 is 1.24 bits per heavy atom. The first-order valence-corrected chi connectivity index (χ1v) is 6.36. The normalized spacial score (nSPS) is 10.8. The lowest BCUT2D eigenvalue weighted by molar-refractivity contribution is -0.384. The molecule has 1 aromatic heterocycles. The van der Waals surface area contributed by atoms with Crippen LogP contribution in [-0.4, -0.2) is 9.91 Å². The number of aromatic amines is 1. The summed E-state index contributed by atoms with van der Waals surface area (Å²) in [4.78, 5) is 12.9. The molecule has 0 radical (unpaired) electrons. The standard InChI is InChI=1S/C8H6N2O2.H6N3OP/c11-10(12)7-1-2-8-6(5-7)3-4-9-8;1-5(2,3)4/h1-5,9H;(H6,1,2,3,4). The van der Waals surface area contributed by atoms with E-state index >= 15 is 0 Å². The van der Waals surface area contributed by atoms with E-state index in [-0.39, 0.29) is 5.69 Å². The number of aromatic nitrogens is 1. The summed E-state index contributed by atoms with van der Waals surface area (Å²) in [5.74, 6) is 0. The van der Waals surface area contributed by atoms with Gasteiger partial charge in [0.2, 0.25) is 0 Å². The van der Waals surface area contributed by atoms with Crippen molar-refractivity contribution in [2.24, 2.45) is 16.5 Å². The Hall–Kier alpha value is -1.73. The Labute approximate surface area is 96.5 Å². The number of nitrogens with two attached hydrogens (primary N) is 3. The van der Waals surface area contributed by atoms with Crippen LogP contribution in [-0.2, 0) is 4.57 Å². The molecule has 2 aromatic rings. The Morgan fingerprint density at radius 3 is 2.35 bits per heavy atom. The highest BCUT2D eigenvalue weighted by atomic mass is 31.2. The molecule has 0 atom stereocenters. The predicted octanol–water partition coefficient (Wildman–Crippen LogP) is 1.05. The summed E-state index contributed by atoms with van der Waals surface area (Å²) in [5, 5.41) is 11.2. The zero-order chi connectivity index (χ0) is 13.1. The van der Waals surface area contributed by atoms with E-state index in [0.29, 0.717) is 0 Å². The third-order valence-corrected chi connectivity index (χ3v) is 1.75. The topological polar surface area (TPSA) is 154 Å². The molecule has 0 saturated heterocycles. The molecule has 0 aliphatic carbocycles. The van der Waals surface area contributed by atoms with Crippen LogP contribution in [0.1, 0.15) is 0 Å². The smallest absolute Gasteiger partial charge is 0.271 e. The van der Waals surface area contributed by atoms with Gasteiger partial charge in [-0.1, -0.05) is 0 Å². The summed E-state index contributed by atoms with van der Waals surface area (Å²) in [6, 6.07) is 6.54. The fourth-order valence-corrected chi connectivity index (χ4v) is 1.15. The van der Waals surface area contributed by atoms with Gasteiger partial charge >= 0.3 is 0 Å². The summed E-state index contributed by atoms with van der Waals surface area (Å²) in [6.07, 6.45) is 1.76. The molecular formula is C8H12N5O3P. The third kappa shape index (κ3) is 4.75. The molecular weight excluding hydrogens is 245 g/mol. The number of hydrogen-bond donors (Lipinski definition) is 4. The summed E-state index contributed by atoms with van der Waals surface area (Å²) in [5.41, 5.74) is 14.4. The quantitative estimate of drug-likeness (QED) is 0.340. The number of benzene rings is 1. The lowest BCUT2D eigenvalue weighted by atomic mass is 10.2. The minimum Gasteiger partial charge on any atom is -0.361 e. The molecule has 0 fully saturated rings. The molecule has 1 heterocycles. The fourth-order valence-electron chi connectivity index (χ4n) is 1.15. The predicted molar refractivity (Wildman–Crippen MR) is 65.1 cm³/mol. The van der Waals surface area contributed by atoms with E-state index in [1.54, 1.807) is 18.3 Å². The van der Waals surface area contributed by atoms with Crippen LogP contribution in [0.2, 0.25) is 0 Å². The number of nitro groups is 1. The highest BCUT2D eigenvalue weighted by Gasteiger charge is 2.05. The van der Waals surface area contributed by atoms with Crippen molar-refractivity contribution in [1.82, 2.24) is 4.98 Å². The lowest BCUT2D eigenvalue weighted by Crippen LogP contribution is -2.12. The summed E-state index contributed by atoms with van der Waals surface area (Å²) in [7, 11) is -3.14. The van der Waals surface area contributed by atoms with E-state index in [1.165, 1.54) is 6.07 Å². The molecule has 0 spiro atoms. The van der Waals surface area contributed by atoms with Crippen molar-refractivity contribution in [2.45, 2.75) is 0 Å². The average molecular weight is 257 g/mol. The Balaban J connectivity index is 0.000000249. The average Bonchev–Trinajstić information content (AvgIpc) is 2.60. The first-order valence-electron chi connectivity index (χ1n) is 4.44. The molecule has 0 unspecified atom stereocenters. The minimum atomic E-state index is -3.14. The molecule has 2 rings (SSSR count). The number of non-ortho nitro benzene ring substituents is 1. The van der Waals surface area contributed by atoms with Gasteiger partial charge in [-0.2, -0.15) is 0 Å². The van der Waals surface area contributed by atoms with Crippen molar-refractivity contribution in [1.29, 1.82) is 0 Å². The van der Waals surface area contributed by atoms with Crippen LogP contribution in [0.25, 0.3) is 10.9 Å². The van der Waals surface area contributed by atoms with Gasteiger partial charge in [-0.3, -0.25) is 31.2 Å². The fraction of sp³-hybridized carbons (Fsp3) is 0. The van der Waals surface area contributed by atoms with Gasteiger partial charge in [-0.05, 0) is 12.1 Å². The third-order valence-electron chi connectivity index (χ3n) is 1.75. The van der Waals surface area contributed by atoms with Crippen molar-refractivity contribution < 1.29 is 9.49 Å². The number of H-pyrrole nitrogens is 1. The van der Waals surface area contributed by atoms with Gasteiger partial charge < -0.3 is 4.98 Å². The van der Waals surface area contributed by atoms with Crippen molar-refractivity contribution in [3.05, 3.63) is 40.6 Å². The molecule has 0 amide bonds. The number of nitrogens with zero attached hydrogens (tertiary/aromatic N) is 1. The lowest BCUT2D eigenvalue weighted by Gasteiger charge is -1.90. The first-order chi connectivity index (χ1) is 7.77. The van der Waals surface area contributed by atoms with Crippen LogP contribution in [0.3, 0.4) is 0 Å². The van der Waals surface area contributed by atoms with Crippen LogP contribution in [0.15, 0.2) is 30.5 Å². The van der Waals surface area contributed by atoms with Crippen LogP contribution < -0.4 is 16.5 Å². The Kier molecular flexibility index (Phi) is 3.97. The maximum atomic E-state index is 10.4. The number of nitrogens with one attached hydrogen (secondary N) is 1. The van der Waals surface area contributed by atoms with Crippen molar-refractivity contribution in [3.8, 4) is 0 Å². The number of rotatable bonds is 1. The Morgan fingerprint density at radius 2 is 1.82 bits per heavy atom. The molecule has 7 N–H and O–H groups in total. The van der Waals surface area contributed by atoms with E-state index in [4.69, 9.17) is 0 Å². The van der Waals surface area contributed by atoms with Gasteiger partial charge in [0.25, 0.3) is 13.3 Å². The first kappa shape index (κ1) is 13.3. The molecule has 0 saturated carbocycles. The van der Waals surface area contributed by atoms with E-state index in [2.05, 4.69) is 21.5 Å². The molecule has 17 heavy (non-hydrogen) atoms. The minimum absolute atomic E-state index is 0.127. The van der Waals surface area contributed by atoms with Crippen molar-refractivity contribution in [2.75, 3.05) is 0 Å². The van der Waals surface area contributed by atoms with Crippen LogP contribution in [0.4, 0.5) is 5.69 Å². The summed E-state index contributed by atoms with van der Waals surface area (Å²) < 4.78 is 9.55. The highest BCUT2D eigenvalue weighted by Crippen LogP contribution is 2.18. The molecule has 92 valence electrons.